The van der Waals surface area contributed by atoms with E-state index in [-0.39, 0.29) is 23.6 Å². The highest BCUT2D eigenvalue weighted by Crippen LogP contribution is 2.22. The van der Waals surface area contributed by atoms with Crippen LogP contribution in [-0.2, 0) is 9.59 Å². The van der Waals surface area contributed by atoms with Crippen LogP contribution in [0.25, 0.3) is 0 Å². The molecule has 0 spiro atoms. The summed E-state index contributed by atoms with van der Waals surface area (Å²) in [4.78, 5) is 38.3. The average molecular weight is 344 g/mol. The van der Waals surface area contributed by atoms with E-state index in [1.54, 1.807) is 0 Å². The third-order valence-corrected chi connectivity index (χ3v) is 4.47. The summed E-state index contributed by atoms with van der Waals surface area (Å²) in [6.07, 6.45) is 2.93. The molecule has 2 amide bonds. The molecule has 1 saturated heterocycles. The first-order valence-electron chi connectivity index (χ1n) is 9.11. The maximum absolute atomic E-state index is 12.4. The van der Waals surface area contributed by atoms with Crippen LogP contribution in [0.1, 0.15) is 56.3 Å². The standard InChI is InChI=1S/C20H28N2O3/c1-15(2)13-19(24)21-11-10-20(25)22-12-6-9-17(22)14-18(23)16-7-4-3-5-8-16/h3-5,7-8,15,17H,6,9-14H2,1-2H3,(H,21,24). The zero-order chi connectivity index (χ0) is 18.2. The zero-order valence-electron chi connectivity index (χ0n) is 15.2. The van der Waals surface area contributed by atoms with Crippen LogP contribution in [0.3, 0.4) is 0 Å². The van der Waals surface area contributed by atoms with Gasteiger partial charge in [-0.15, -0.1) is 0 Å². The van der Waals surface area contributed by atoms with Crippen LogP contribution in [0, 0.1) is 5.92 Å². The summed E-state index contributed by atoms with van der Waals surface area (Å²) in [5.41, 5.74) is 0.697. The highest BCUT2D eigenvalue weighted by Gasteiger charge is 2.30. The van der Waals surface area contributed by atoms with Gasteiger partial charge in [-0.05, 0) is 18.8 Å². The van der Waals surface area contributed by atoms with Gasteiger partial charge in [0, 0.05) is 44.0 Å². The second-order valence-electron chi connectivity index (χ2n) is 7.07. The molecule has 1 aromatic rings. The van der Waals surface area contributed by atoms with Crippen molar-refractivity contribution in [3.8, 4) is 0 Å². The molecule has 5 nitrogen and oxygen atoms in total. The number of nitrogens with one attached hydrogen (secondary N) is 1. The molecule has 1 unspecified atom stereocenters. The van der Waals surface area contributed by atoms with Gasteiger partial charge >= 0.3 is 0 Å². The van der Waals surface area contributed by atoms with Gasteiger partial charge in [-0.2, -0.15) is 0 Å². The zero-order valence-corrected chi connectivity index (χ0v) is 15.2. The minimum atomic E-state index is -0.0217. The van der Waals surface area contributed by atoms with Gasteiger partial charge in [0.2, 0.25) is 11.8 Å². The number of rotatable bonds is 8. The summed E-state index contributed by atoms with van der Waals surface area (Å²) in [5.74, 6) is 0.395. The Bertz CT molecular complexity index is 598. The van der Waals surface area contributed by atoms with Crippen molar-refractivity contribution in [3.05, 3.63) is 35.9 Å². The summed E-state index contributed by atoms with van der Waals surface area (Å²) in [5, 5.41) is 2.80. The van der Waals surface area contributed by atoms with Crippen LogP contribution in [0.15, 0.2) is 30.3 Å². The van der Waals surface area contributed by atoms with Gasteiger partial charge in [-0.25, -0.2) is 0 Å². The van der Waals surface area contributed by atoms with Crippen molar-refractivity contribution in [2.45, 2.75) is 52.0 Å². The summed E-state index contributed by atoms with van der Waals surface area (Å²) < 4.78 is 0. The van der Waals surface area contributed by atoms with E-state index < -0.39 is 0 Å². The van der Waals surface area contributed by atoms with Crippen molar-refractivity contribution in [2.24, 2.45) is 5.92 Å². The van der Waals surface area contributed by atoms with Gasteiger partial charge in [0.15, 0.2) is 5.78 Å². The number of carbonyl (C=O) groups is 3. The minimum absolute atomic E-state index is 0.0139. The normalized spacial score (nSPS) is 16.9. The molecule has 1 N–H and O–H groups in total. The molecule has 25 heavy (non-hydrogen) atoms. The Morgan fingerprint density at radius 2 is 1.92 bits per heavy atom. The summed E-state index contributed by atoms with van der Waals surface area (Å²) in [6.45, 7) is 5.04. The van der Waals surface area contributed by atoms with E-state index in [0.29, 0.717) is 43.8 Å². The maximum Gasteiger partial charge on any atom is 0.224 e. The SMILES string of the molecule is CC(C)CC(=O)NCCC(=O)N1CCCC1CC(=O)c1ccccc1. The molecule has 1 fully saturated rings. The van der Waals surface area contributed by atoms with Crippen LogP contribution in [0.4, 0.5) is 0 Å². The molecular weight excluding hydrogens is 316 g/mol. The molecule has 0 aromatic heterocycles. The first kappa shape index (κ1) is 19.2. The molecule has 1 heterocycles. The average Bonchev–Trinajstić information content (AvgIpc) is 3.03. The predicted octanol–water partition coefficient (Wildman–Crippen LogP) is 2.80. The number of benzene rings is 1. The third-order valence-electron chi connectivity index (χ3n) is 4.47. The van der Waals surface area contributed by atoms with Gasteiger partial charge in [-0.1, -0.05) is 44.2 Å². The number of carbonyl (C=O) groups excluding carboxylic acids is 3. The van der Waals surface area contributed by atoms with Crippen molar-refractivity contribution in [2.75, 3.05) is 13.1 Å². The van der Waals surface area contributed by atoms with Crippen molar-refractivity contribution in [1.82, 2.24) is 10.2 Å². The second-order valence-corrected chi connectivity index (χ2v) is 7.07. The molecule has 5 heteroatoms. The third kappa shape index (κ3) is 6.00. The van der Waals surface area contributed by atoms with E-state index in [1.807, 2.05) is 49.1 Å². The lowest BCUT2D eigenvalue weighted by Gasteiger charge is -2.24. The van der Waals surface area contributed by atoms with Crippen molar-refractivity contribution in [1.29, 1.82) is 0 Å². The highest BCUT2D eigenvalue weighted by molar-refractivity contribution is 5.96. The van der Waals surface area contributed by atoms with Gasteiger partial charge < -0.3 is 10.2 Å². The van der Waals surface area contributed by atoms with Crippen LogP contribution < -0.4 is 5.32 Å². The Morgan fingerprint density at radius 1 is 1.20 bits per heavy atom. The van der Waals surface area contributed by atoms with E-state index in [2.05, 4.69) is 5.32 Å². The molecule has 1 aliphatic rings. The summed E-state index contributed by atoms with van der Waals surface area (Å²) >= 11 is 0. The fourth-order valence-corrected chi connectivity index (χ4v) is 3.23. The number of likely N-dealkylation sites (tertiary alicyclic amines) is 1. The Hall–Kier alpha value is -2.17. The molecule has 0 aliphatic carbocycles. The van der Waals surface area contributed by atoms with Crippen molar-refractivity contribution in [3.63, 3.8) is 0 Å². The van der Waals surface area contributed by atoms with Crippen LogP contribution in [0.5, 0.6) is 0 Å². The van der Waals surface area contributed by atoms with Crippen LogP contribution in [0.2, 0.25) is 0 Å². The predicted molar refractivity (Wildman–Crippen MR) is 97.2 cm³/mol. The first-order valence-corrected chi connectivity index (χ1v) is 9.11. The lowest BCUT2D eigenvalue weighted by molar-refractivity contribution is -0.131. The number of nitrogens with zero attached hydrogens (tertiary/aromatic N) is 1. The topological polar surface area (TPSA) is 66.5 Å². The van der Waals surface area contributed by atoms with E-state index >= 15 is 0 Å². The Labute approximate surface area is 149 Å². The monoisotopic (exact) mass is 344 g/mol. The smallest absolute Gasteiger partial charge is 0.224 e. The number of ketones is 1. The van der Waals surface area contributed by atoms with Gasteiger partial charge in [0.1, 0.15) is 0 Å². The van der Waals surface area contributed by atoms with Crippen LogP contribution in [-0.4, -0.2) is 41.6 Å². The molecular formula is C20H28N2O3. The van der Waals surface area contributed by atoms with Crippen LogP contribution >= 0.6 is 0 Å². The van der Waals surface area contributed by atoms with Gasteiger partial charge in [0.05, 0.1) is 0 Å². The second kappa shape index (κ2) is 9.35. The van der Waals surface area contributed by atoms with E-state index in [0.717, 1.165) is 12.8 Å². The lowest BCUT2D eigenvalue weighted by Crippen LogP contribution is -2.38. The Morgan fingerprint density at radius 3 is 2.60 bits per heavy atom. The molecule has 0 radical (unpaired) electrons. The van der Waals surface area contributed by atoms with E-state index in [9.17, 15) is 14.4 Å². The summed E-state index contributed by atoms with van der Waals surface area (Å²) in [7, 11) is 0. The van der Waals surface area contributed by atoms with Gasteiger partial charge in [0.25, 0.3) is 0 Å². The molecule has 2 rings (SSSR count). The number of Topliss-reactive ketones (excluding diaryl/α,β-unsaturated/α-hetero) is 1. The Balaban J connectivity index is 1.81. The maximum atomic E-state index is 12.4. The molecule has 0 bridgehead atoms. The largest absolute Gasteiger partial charge is 0.356 e. The first-order chi connectivity index (χ1) is 12.0. The minimum Gasteiger partial charge on any atom is -0.356 e. The Kier molecular flexibility index (Phi) is 7.16. The fourth-order valence-electron chi connectivity index (χ4n) is 3.23. The fraction of sp³-hybridized carbons (Fsp3) is 0.550. The van der Waals surface area contributed by atoms with Crippen molar-refractivity contribution < 1.29 is 14.4 Å². The lowest BCUT2D eigenvalue weighted by atomic mass is 10.0. The summed E-state index contributed by atoms with van der Waals surface area (Å²) in [6, 6.07) is 9.19. The number of amides is 2. The van der Waals surface area contributed by atoms with Crippen molar-refractivity contribution >= 4 is 17.6 Å². The molecule has 136 valence electrons. The van der Waals surface area contributed by atoms with E-state index in [1.165, 1.54) is 0 Å². The molecule has 1 aromatic carbocycles. The molecule has 1 aliphatic heterocycles. The number of hydrogen-bond donors (Lipinski definition) is 1. The molecule has 1 atom stereocenters. The highest BCUT2D eigenvalue weighted by atomic mass is 16.2. The molecule has 0 saturated carbocycles. The van der Waals surface area contributed by atoms with E-state index in [4.69, 9.17) is 0 Å². The van der Waals surface area contributed by atoms with Gasteiger partial charge in [-0.3, -0.25) is 14.4 Å². The quantitative estimate of drug-likeness (QED) is 0.738. The number of hydrogen-bond acceptors (Lipinski definition) is 3.